The first-order valence-electron chi connectivity index (χ1n) is 7.99. The van der Waals surface area contributed by atoms with Gasteiger partial charge in [0.15, 0.2) is 0 Å². The van der Waals surface area contributed by atoms with Gasteiger partial charge in [0.05, 0.1) is 6.61 Å². The van der Waals surface area contributed by atoms with Crippen molar-refractivity contribution in [1.29, 1.82) is 0 Å². The van der Waals surface area contributed by atoms with Crippen LogP contribution in [0.1, 0.15) is 60.3 Å². The molecule has 19 heavy (non-hydrogen) atoms. The molecule has 3 unspecified atom stereocenters. The van der Waals surface area contributed by atoms with Crippen LogP contribution < -0.4 is 5.32 Å². The summed E-state index contributed by atoms with van der Waals surface area (Å²) in [6.45, 7) is 13.8. The molecule has 0 aromatic carbocycles. The lowest BCUT2D eigenvalue weighted by Crippen LogP contribution is -2.49. The number of piperidine rings is 1. The van der Waals surface area contributed by atoms with Crippen molar-refractivity contribution in [3.05, 3.63) is 0 Å². The molecule has 1 aliphatic heterocycles. The molecule has 0 radical (unpaired) electrons. The van der Waals surface area contributed by atoms with Crippen molar-refractivity contribution < 1.29 is 5.11 Å². The van der Waals surface area contributed by atoms with E-state index in [4.69, 9.17) is 0 Å². The molecule has 3 heteroatoms. The quantitative estimate of drug-likeness (QED) is 0.746. The van der Waals surface area contributed by atoms with Crippen LogP contribution >= 0.6 is 0 Å². The summed E-state index contributed by atoms with van der Waals surface area (Å²) in [7, 11) is 0. The molecular formula is C16H34N2O. The van der Waals surface area contributed by atoms with Gasteiger partial charge in [-0.1, -0.05) is 20.8 Å². The van der Waals surface area contributed by atoms with Gasteiger partial charge in [-0.15, -0.1) is 0 Å². The summed E-state index contributed by atoms with van der Waals surface area (Å²) in [5.74, 6) is 0.886. The lowest BCUT2D eigenvalue weighted by Gasteiger charge is -2.38. The maximum atomic E-state index is 9.58. The fraction of sp³-hybridized carbons (Fsp3) is 1.00. The van der Waals surface area contributed by atoms with Crippen LogP contribution in [0.2, 0.25) is 0 Å². The van der Waals surface area contributed by atoms with Gasteiger partial charge >= 0.3 is 0 Å². The molecule has 114 valence electrons. The third-order valence-electron chi connectivity index (χ3n) is 4.44. The topological polar surface area (TPSA) is 35.5 Å². The van der Waals surface area contributed by atoms with E-state index in [1.165, 1.54) is 25.9 Å². The van der Waals surface area contributed by atoms with E-state index in [2.05, 4.69) is 44.8 Å². The van der Waals surface area contributed by atoms with Gasteiger partial charge in [0, 0.05) is 17.6 Å². The number of hydrogen-bond acceptors (Lipinski definition) is 3. The van der Waals surface area contributed by atoms with Crippen molar-refractivity contribution in [2.24, 2.45) is 5.92 Å². The first-order valence-corrected chi connectivity index (χ1v) is 7.99. The molecule has 0 aromatic rings. The molecule has 1 saturated heterocycles. The molecule has 1 aliphatic rings. The Hall–Kier alpha value is -0.120. The molecule has 3 atom stereocenters. The molecule has 1 rings (SSSR count). The van der Waals surface area contributed by atoms with Crippen LogP contribution in [0.5, 0.6) is 0 Å². The number of aliphatic hydroxyl groups is 1. The largest absolute Gasteiger partial charge is 0.394 e. The van der Waals surface area contributed by atoms with Gasteiger partial charge in [-0.2, -0.15) is 0 Å². The Bertz CT molecular complexity index is 257. The van der Waals surface area contributed by atoms with Crippen LogP contribution in [-0.2, 0) is 0 Å². The summed E-state index contributed by atoms with van der Waals surface area (Å²) in [4.78, 5) is 2.62. The molecule has 2 N–H and O–H groups in total. The lowest BCUT2D eigenvalue weighted by molar-refractivity contribution is 0.112. The van der Waals surface area contributed by atoms with E-state index in [0.29, 0.717) is 6.04 Å². The molecule has 0 spiro atoms. The van der Waals surface area contributed by atoms with E-state index in [0.717, 1.165) is 24.8 Å². The minimum atomic E-state index is -0.125. The predicted octanol–water partition coefficient (Wildman–Crippen LogP) is 2.64. The van der Waals surface area contributed by atoms with Crippen molar-refractivity contribution in [3.8, 4) is 0 Å². The third-order valence-corrected chi connectivity index (χ3v) is 4.44. The highest BCUT2D eigenvalue weighted by atomic mass is 16.3. The van der Waals surface area contributed by atoms with Gasteiger partial charge in [0.1, 0.15) is 0 Å². The Morgan fingerprint density at radius 3 is 2.58 bits per heavy atom. The first kappa shape index (κ1) is 16.9. The Labute approximate surface area is 119 Å². The zero-order valence-electron chi connectivity index (χ0n) is 13.6. The molecule has 3 nitrogen and oxygen atoms in total. The molecule has 0 aliphatic carbocycles. The fourth-order valence-electron chi connectivity index (χ4n) is 3.35. The number of likely N-dealkylation sites (tertiary alicyclic amines) is 1. The van der Waals surface area contributed by atoms with Gasteiger partial charge in [-0.25, -0.2) is 0 Å². The summed E-state index contributed by atoms with van der Waals surface area (Å²) < 4.78 is 0. The Morgan fingerprint density at radius 1 is 1.37 bits per heavy atom. The average Bonchev–Trinajstić information content (AvgIpc) is 2.31. The highest BCUT2D eigenvalue weighted by Crippen LogP contribution is 2.23. The van der Waals surface area contributed by atoms with Gasteiger partial charge in [-0.05, 0) is 58.5 Å². The highest BCUT2D eigenvalue weighted by Gasteiger charge is 2.26. The number of nitrogens with zero attached hydrogens (tertiary/aromatic N) is 1. The first-order chi connectivity index (χ1) is 8.86. The van der Waals surface area contributed by atoms with Crippen LogP contribution in [0, 0.1) is 5.92 Å². The third kappa shape index (κ3) is 5.80. The predicted molar refractivity (Wildman–Crippen MR) is 82.4 cm³/mol. The minimum Gasteiger partial charge on any atom is -0.394 e. The zero-order valence-corrected chi connectivity index (χ0v) is 13.6. The number of nitrogens with one attached hydrogen (secondary N) is 1. The Morgan fingerprint density at radius 2 is 2.05 bits per heavy atom. The van der Waals surface area contributed by atoms with Crippen LogP contribution in [0.3, 0.4) is 0 Å². The summed E-state index contributed by atoms with van der Waals surface area (Å²) in [6.07, 6.45) is 4.88. The van der Waals surface area contributed by atoms with Gasteiger partial charge in [0.2, 0.25) is 0 Å². The molecule has 0 bridgehead atoms. The van der Waals surface area contributed by atoms with E-state index in [-0.39, 0.29) is 12.1 Å². The van der Waals surface area contributed by atoms with Crippen LogP contribution in [0.25, 0.3) is 0 Å². The highest BCUT2D eigenvalue weighted by molar-refractivity contribution is 4.85. The van der Waals surface area contributed by atoms with Crippen LogP contribution in [0.4, 0.5) is 0 Å². The van der Waals surface area contributed by atoms with E-state index in [9.17, 15) is 5.11 Å². The van der Waals surface area contributed by atoms with Gasteiger partial charge in [0.25, 0.3) is 0 Å². The molecule has 1 fully saturated rings. The van der Waals surface area contributed by atoms with E-state index in [1.807, 2.05) is 0 Å². The van der Waals surface area contributed by atoms with Crippen molar-refractivity contribution in [1.82, 2.24) is 10.2 Å². The Kier molecular flexibility index (Phi) is 6.78. The summed E-state index contributed by atoms with van der Waals surface area (Å²) in [6, 6.07) is 1.15. The van der Waals surface area contributed by atoms with Gasteiger partial charge < -0.3 is 15.3 Å². The van der Waals surface area contributed by atoms with Crippen LogP contribution in [-0.4, -0.2) is 47.3 Å². The van der Waals surface area contributed by atoms with Crippen LogP contribution in [0.15, 0.2) is 0 Å². The molecule has 0 amide bonds. The summed E-state index contributed by atoms with van der Waals surface area (Å²) in [5, 5.41) is 13.1. The molecular weight excluding hydrogens is 236 g/mol. The maximum absolute atomic E-state index is 9.58. The van der Waals surface area contributed by atoms with Gasteiger partial charge in [-0.3, -0.25) is 0 Å². The number of rotatable bonds is 7. The lowest BCUT2D eigenvalue weighted by atomic mass is 9.92. The average molecular weight is 270 g/mol. The molecule has 0 aromatic heterocycles. The molecule has 1 heterocycles. The Balaban J connectivity index is 2.32. The normalized spacial score (nSPS) is 28.6. The zero-order chi connectivity index (χ0) is 14.5. The SMILES string of the molecule is CC1CCN(CCCC(C)(CO)NC(C)C)C(C)C1. The molecule has 0 saturated carbocycles. The monoisotopic (exact) mass is 270 g/mol. The standard InChI is InChI=1S/C16H34N2O/c1-13(2)17-16(5,12-19)8-6-9-18-10-7-14(3)11-15(18)4/h13-15,17,19H,6-12H2,1-5H3. The summed E-state index contributed by atoms with van der Waals surface area (Å²) in [5.41, 5.74) is -0.125. The van der Waals surface area contributed by atoms with Crippen molar-refractivity contribution in [2.45, 2.75) is 77.9 Å². The smallest absolute Gasteiger partial charge is 0.0610 e. The number of aliphatic hydroxyl groups excluding tert-OH is 1. The van der Waals surface area contributed by atoms with E-state index in [1.54, 1.807) is 0 Å². The van der Waals surface area contributed by atoms with Crippen molar-refractivity contribution in [3.63, 3.8) is 0 Å². The summed E-state index contributed by atoms with van der Waals surface area (Å²) >= 11 is 0. The van der Waals surface area contributed by atoms with Crippen molar-refractivity contribution in [2.75, 3.05) is 19.7 Å². The van der Waals surface area contributed by atoms with E-state index < -0.39 is 0 Å². The number of hydrogen-bond donors (Lipinski definition) is 2. The fourth-order valence-corrected chi connectivity index (χ4v) is 3.35. The van der Waals surface area contributed by atoms with Crippen molar-refractivity contribution >= 4 is 0 Å². The maximum Gasteiger partial charge on any atom is 0.0610 e. The minimum absolute atomic E-state index is 0.125. The van der Waals surface area contributed by atoms with E-state index >= 15 is 0 Å². The second-order valence-electron chi connectivity index (χ2n) is 7.14. The second kappa shape index (κ2) is 7.61. The second-order valence-corrected chi connectivity index (χ2v) is 7.14.